The lowest BCUT2D eigenvalue weighted by atomic mass is 10.2. The Morgan fingerprint density at radius 1 is 1.07 bits per heavy atom. The summed E-state index contributed by atoms with van der Waals surface area (Å²) in [5.41, 5.74) is 1.39. The molecule has 28 heavy (non-hydrogen) atoms. The lowest BCUT2D eigenvalue weighted by Crippen LogP contribution is -3.28. The van der Waals surface area contributed by atoms with E-state index < -0.39 is 0 Å². The number of halogens is 1. The van der Waals surface area contributed by atoms with Crippen molar-refractivity contribution in [3.8, 4) is 11.5 Å². The predicted octanol–water partition coefficient (Wildman–Crippen LogP) is -0.00420. The third kappa shape index (κ3) is 4.65. The summed E-state index contributed by atoms with van der Waals surface area (Å²) in [5.74, 6) is 0.860. The first-order valence-electron chi connectivity index (χ1n) is 9.38. The molecular formula is C20H23FN4O3+2. The van der Waals surface area contributed by atoms with Crippen LogP contribution in [0.25, 0.3) is 11.5 Å². The fourth-order valence-corrected chi connectivity index (χ4v) is 3.50. The molecule has 1 saturated heterocycles. The van der Waals surface area contributed by atoms with E-state index in [0.717, 1.165) is 38.4 Å². The summed E-state index contributed by atoms with van der Waals surface area (Å²) in [4.78, 5) is 14.8. The number of furan rings is 1. The molecule has 0 saturated carbocycles. The zero-order valence-electron chi connectivity index (χ0n) is 15.4. The molecule has 1 fully saturated rings. The van der Waals surface area contributed by atoms with Gasteiger partial charge in [0.15, 0.2) is 12.3 Å². The highest BCUT2D eigenvalue weighted by molar-refractivity contribution is 5.91. The number of aromatic nitrogens is 1. The average molecular weight is 386 g/mol. The number of carbonyl (C=O) groups excluding carboxylic acids is 1. The molecular weight excluding hydrogens is 363 g/mol. The zero-order valence-corrected chi connectivity index (χ0v) is 15.4. The van der Waals surface area contributed by atoms with Crippen LogP contribution >= 0.6 is 0 Å². The zero-order chi connectivity index (χ0) is 19.3. The van der Waals surface area contributed by atoms with Crippen LogP contribution < -0.4 is 15.1 Å². The van der Waals surface area contributed by atoms with E-state index in [4.69, 9.17) is 8.94 Å². The Hall–Kier alpha value is -2.97. The molecule has 0 radical (unpaired) electrons. The van der Waals surface area contributed by atoms with E-state index >= 15 is 0 Å². The summed E-state index contributed by atoms with van der Waals surface area (Å²) in [6.45, 7) is 4.87. The number of quaternary nitrogens is 2. The van der Waals surface area contributed by atoms with Gasteiger partial charge in [0, 0.05) is 11.8 Å². The number of benzene rings is 1. The van der Waals surface area contributed by atoms with Crippen LogP contribution in [0.4, 0.5) is 10.1 Å². The van der Waals surface area contributed by atoms with Crippen LogP contribution in [0, 0.1) is 5.82 Å². The molecule has 0 bridgehead atoms. The number of rotatable bonds is 6. The van der Waals surface area contributed by atoms with Gasteiger partial charge in [0.05, 0.1) is 6.26 Å². The van der Waals surface area contributed by atoms with E-state index in [1.807, 2.05) is 18.2 Å². The number of piperazine rings is 1. The third-order valence-corrected chi connectivity index (χ3v) is 4.94. The van der Waals surface area contributed by atoms with Gasteiger partial charge < -0.3 is 24.1 Å². The minimum absolute atomic E-state index is 0.0939. The maximum absolute atomic E-state index is 13.2. The minimum atomic E-state index is -0.356. The Labute approximate surface area is 161 Å². The van der Waals surface area contributed by atoms with Crippen LogP contribution in [-0.2, 0) is 11.3 Å². The maximum atomic E-state index is 13.2. The Kier molecular flexibility index (Phi) is 5.50. The van der Waals surface area contributed by atoms with E-state index in [2.05, 4.69) is 10.5 Å². The van der Waals surface area contributed by atoms with E-state index in [-0.39, 0.29) is 11.7 Å². The van der Waals surface area contributed by atoms with Gasteiger partial charge in [0.25, 0.3) is 5.91 Å². The molecule has 0 spiro atoms. The normalized spacial score (nSPS) is 19.5. The second kappa shape index (κ2) is 8.37. The maximum Gasteiger partial charge on any atom is 0.279 e. The number of anilines is 1. The van der Waals surface area contributed by atoms with Gasteiger partial charge in [-0.1, -0.05) is 11.2 Å². The van der Waals surface area contributed by atoms with Gasteiger partial charge in [0.2, 0.25) is 5.76 Å². The molecule has 0 unspecified atom stereocenters. The summed E-state index contributed by atoms with van der Waals surface area (Å²) >= 11 is 0. The van der Waals surface area contributed by atoms with Crippen molar-refractivity contribution in [2.75, 3.05) is 38.0 Å². The van der Waals surface area contributed by atoms with E-state index in [1.54, 1.807) is 18.4 Å². The standard InChI is InChI=1S/C20H21FN4O3/c21-15-3-1-4-16(11-15)22-20(26)14-25-8-6-24(7-9-25)13-17-12-19(28-23-17)18-5-2-10-27-18/h1-5,10-12H,6-9,13-14H2,(H,22,26)/p+2. The fourth-order valence-electron chi connectivity index (χ4n) is 3.50. The molecule has 1 aliphatic rings. The van der Waals surface area contributed by atoms with E-state index in [0.29, 0.717) is 23.8 Å². The molecule has 1 aromatic carbocycles. The van der Waals surface area contributed by atoms with Gasteiger partial charge in [-0.3, -0.25) is 4.79 Å². The van der Waals surface area contributed by atoms with Crippen molar-refractivity contribution in [1.29, 1.82) is 0 Å². The van der Waals surface area contributed by atoms with E-state index in [9.17, 15) is 9.18 Å². The first kappa shape index (κ1) is 18.4. The number of nitrogens with one attached hydrogen (secondary N) is 3. The van der Waals surface area contributed by atoms with Crippen molar-refractivity contribution >= 4 is 11.6 Å². The molecule has 1 aliphatic heterocycles. The summed E-state index contributed by atoms with van der Waals surface area (Å²) in [6.07, 6.45) is 1.61. The molecule has 7 nitrogen and oxygen atoms in total. The molecule has 3 heterocycles. The second-order valence-corrected chi connectivity index (χ2v) is 7.07. The minimum Gasteiger partial charge on any atom is -0.461 e. The number of hydrogen-bond donors (Lipinski definition) is 3. The molecule has 8 heteroatoms. The van der Waals surface area contributed by atoms with Crippen LogP contribution in [0.3, 0.4) is 0 Å². The molecule has 3 aromatic rings. The molecule has 0 aliphatic carbocycles. The topological polar surface area (TPSA) is 77.2 Å². The Balaban J connectivity index is 1.23. The highest BCUT2D eigenvalue weighted by atomic mass is 19.1. The number of nitrogens with zero attached hydrogens (tertiary/aromatic N) is 1. The highest BCUT2D eigenvalue weighted by Gasteiger charge is 2.26. The smallest absolute Gasteiger partial charge is 0.279 e. The molecule has 3 N–H and O–H groups in total. The lowest BCUT2D eigenvalue weighted by Gasteiger charge is -2.28. The van der Waals surface area contributed by atoms with Gasteiger partial charge in [-0.25, -0.2) is 4.39 Å². The third-order valence-electron chi connectivity index (χ3n) is 4.94. The van der Waals surface area contributed by atoms with Gasteiger partial charge in [-0.05, 0) is 30.3 Å². The molecule has 2 aromatic heterocycles. The van der Waals surface area contributed by atoms with Gasteiger partial charge in [-0.2, -0.15) is 0 Å². The van der Waals surface area contributed by atoms with Crippen LogP contribution in [0.1, 0.15) is 5.69 Å². The highest BCUT2D eigenvalue weighted by Crippen LogP contribution is 2.20. The first-order valence-corrected chi connectivity index (χ1v) is 9.38. The van der Waals surface area contributed by atoms with Crippen molar-refractivity contribution in [1.82, 2.24) is 5.16 Å². The Bertz CT molecular complexity index is 917. The molecule has 4 rings (SSSR count). The SMILES string of the molecule is O=C(C[NH+]1CC[NH+](Cc2cc(-c3ccco3)on2)CC1)Nc1cccc(F)c1. The van der Waals surface area contributed by atoms with Crippen molar-refractivity contribution < 1.29 is 27.9 Å². The fraction of sp³-hybridized carbons (Fsp3) is 0.300. The molecule has 1 amide bonds. The van der Waals surface area contributed by atoms with Crippen LogP contribution in [0.2, 0.25) is 0 Å². The monoisotopic (exact) mass is 386 g/mol. The van der Waals surface area contributed by atoms with Gasteiger partial charge in [0.1, 0.15) is 44.2 Å². The van der Waals surface area contributed by atoms with Gasteiger partial charge in [-0.15, -0.1) is 0 Å². The van der Waals surface area contributed by atoms with E-state index in [1.165, 1.54) is 21.9 Å². The second-order valence-electron chi connectivity index (χ2n) is 7.07. The summed E-state index contributed by atoms with van der Waals surface area (Å²) in [7, 11) is 0. The van der Waals surface area contributed by atoms with Crippen LogP contribution in [-0.4, -0.2) is 43.8 Å². The number of carbonyl (C=O) groups is 1. The largest absolute Gasteiger partial charge is 0.461 e. The quantitative estimate of drug-likeness (QED) is 0.557. The molecule has 0 atom stereocenters. The Morgan fingerprint density at radius 2 is 1.89 bits per heavy atom. The number of amides is 1. The summed E-state index contributed by atoms with van der Waals surface area (Å²) in [6, 6.07) is 11.5. The summed E-state index contributed by atoms with van der Waals surface area (Å²) in [5, 5.41) is 6.89. The van der Waals surface area contributed by atoms with Crippen LogP contribution in [0.15, 0.2) is 57.7 Å². The predicted molar refractivity (Wildman–Crippen MR) is 99.2 cm³/mol. The van der Waals surface area contributed by atoms with Crippen molar-refractivity contribution in [3.63, 3.8) is 0 Å². The first-order chi connectivity index (χ1) is 13.7. The van der Waals surface area contributed by atoms with Crippen LogP contribution in [0.5, 0.6) is 0 Å². The molecule has 146 valence electrons. The Morgan fingerprint density at radius 3 is 2.64 bits per heavy atom. The van der Waals surface area contributed by atoms with Crippen molar-refractivity contribution in [2.45, 2.75) is 6.54 Å². The number of hydrogen-bond acceptors (Lipinski definition) is 4. The summed E-state index contributed by atoms with van der Waals surface area (Å²) < 4.78 is 23.9. The van der Waals surface area contributed by atoms with Crippen molar-refractivity contribution in [3.05, 3.63) is 60.2 Å². The lowest BCUT2D eigenvalue weighted by molar-refractivity contribution is -1.02. The van der Waals surface area contributed by atoms with Gasteiger partial charge >= 0.3 is 0 Å². The van der Waals surface area contributed by atoms with Crippen molar-refractivity contribution in [2.24, 2.45) is 0 Å². The average Bonchev–Trinajstić information content (AvgIpc) is 3.35.